The molecular formula is C13H13N3O. The number of nitriles is 1. The Labute approximate surface area is 99.6 Å². The van der Waals surface area contributed by atoms with Crippen LogP contribution in [0.2, 0.25) is 0 Å². The standard InChI is InChI=1S/C13H13N3O/c14-8-11-3-1-10(2-4-11)7-13-15-9-12(16-13)5-6-17/h1-4,9,17H,5-7H2,(H,15,16). The first-order valence-electron chi connectivity index (χ1n) is 5.44. The van der Waals surface area contributed by atoms with Crippen LogP contribution in [0.4, 0.5) is 0 Å². The molecule has 4 heteroatoms. The van der Waals surface area contributed by atoms with E-state index in [1.54, 1.807) is 18.3 Å². The number of nitrogens with zero attached hydrogens (tertiary/aromatic N) is 2. The maximum absolute atomic E-state index is 8.80. The summed E-state index contributed by atoms with van der Waals surface area (Å²) in [7, 11) is 0. The molecule has 0 spiro atoms. The van der Waals surface area contributed by atoms with E-state index in [0.29, 0.717) is 18.4 Å². The van der Waals surface area contributed by atoms with Crippen LogP contribution in [-0.4, -0.2) is 21.7 Å². The van der Waals surface area contributed by atoms with Crippen molar-refractivity contribution < 1.29 is 5.11 Å². The smallest absolute Gasteiger partial charge is 0.110 e. The average Bonchev–Trinajstić information content (AvgIpc) is 2.78. The minimum Gasteiger partial charge on any atom is -0.396 e. The summed E-state index contributed by atoms with van der Waals surface area (Å²) in [5, 5.41) is 17.5. The number of nitrogens with one attached hydrogen (secondary N) is 1. The highest BCUT2D eigenvalue weighted by molar-refractivity contribution is 5.32. The second-order valence-corrected chi connectivity index (χ2v) is 3.81. The van der Waals surface area contributed by atoms with Gasteiger partial charge in [-0.3, -0.25) is 0 Å². The Bertz CT molecular complexity index is 522. The van der Waals surface area contributed by atoms with Crippen LogP contribution >= 0.6 is 0 Å². The second kappa shape index (κ2) is 5.28. The summed E-state index contributed by atoms with van der Waals surface area (Å²) in [4.78, 5) is 7.40. The van der Waals surface area contributed by atoms with E-state index >= 15 is 0 Å². The number of aliphatic hydroxyl groups is 1. The van der Waals surface area contributed by atoms with E-state index in [0.717, 1.165) is 17.1 Å². The Balaban J connectivity index is 2.06. The van der Waals surface area contributed by atoms with Crippen molar-refractivity contribution in [2.45, 2.75) is 12.8 Å². The van der Waals surface area contributed by atoms with E-state index in [1.165, 1.54) is 0 Å². The number of aromatic amines is 1. The van der Waals surface area contributed by atoms with Gasteiger partial charge in [0.15, 0.2) is 0 Å². The van der Waals surface area contributed by atoms with Crippen LogP contribution in [-0.2, 0) is 12.8 Å². The van der Waals surface area contributed by atoms with Gasteiger partial charge in [0.25, 0.3) is 0 Å². The van der Waals surface area contributed by atoms with E-state index in [4.69, 9.17) is 10.4 Å². The van der Waals surface area contributed by atoms with Crippen molar-refractivity contribution in [2.24, 2.45) is 0 Å². The summed E-state index contributed by atoms with van der Waals surface area (Å²) in [6, 6.07) is 9.53. The molecular weight excluding hydrogens is 214 g/mol. The number of rotatable bonds is 4. The predicted octanol–water partition coefficient (Wildman–Crippen LogP) is 1.41. The van der Waals surface area contributed by atoms with Gasteiger partial charge in [0.05, 0.1) is 11.6 Å². The van der Waals surface area contributed by atoms with Gasteiger partial charge in [-0.2, -0.15) is 5.26 Å². The van der Waals surface area contributed by atoms with Crippen LogP contribution in [0.15, 0.2) is 30.5 Å². The monoisotopic (exact) mass is 227 g/mol. The number of hydrogen-bond acceptors (Lipinski definition) is 3. The highest BCUT2D eigenvalue weighted by Gasteiger charge is 2.02. The van der Waals surface area contributed by atoms with Crippen molar-refractivity contribution in [1.29, 1.82) is 5.26 Å². The third-order valence-corrected chi connectivity index (χ3v) is 2.52. The largest absolute Gasteiger partial charge is 0.396 e. The Morgan fingerprint density at radius 3 is 2.71 bits per heavy atom. The lowest BCUT2D eigenvalue weighted by Gasteiger charge is -1.98. The van der Waals surface area contributed by atoms with Crippen molar-refractivity contribution in [2.75, 3.05) is 6.61 Å². The van der Waals surface area contributed by atoms with Gasteiger partial charge in [0.1, 0.15) is 5.82 Å². The lowest BCUT2D eigenvalue weighted by Crippen LogP contribution is -1.93. The van der Waals surface area contributed by atoms with Crippen molar-refractivity contribution in [3.05, 3.63) is 53.1 Å². The van der Waals surface area contributed by atoms with E-state index in [1.807, 2.05) is 12.1 Å². The molecule has 0 amide bonds. The van der Waals surface area contributed by atoms with E-state index in [9.17, 15) is 0 Å². The molecule has 0 unspecified atom stereocenters. The molecule has 86 valence electrons. The minimum absolute atomic E-state index is 0.124. The van der Waals surface area contributed by atoms with Gasteiger partial charge in [-0.15, -0.1) is 0 Å². The summed E-state index contributed by atoms with van der Waals surface area (Å²) in [6.07, 6.45) is 3.05. The minimum atomic E-state index is 0.124. The number of aromatic nitrogens is 2. The first kappa shape index (κ1) is 11.4. The topological polar surface area (TPSA) is 72.7 Å². The molecule has 0 aliphatic heterocycles. The predicted molar refractivity (Wildman–Crippen MR) is 63.3 cm³/mol. The van der Waals surface area contributed by atoms with Gasteiger partial charge in [-0.25, -0.2) is 4.98 Å². The summed E-state index contributed by atoms with van der Waals surface area (Å²) in [6.45, 7) is 0.124. The molecule has 1 aromatic carbocycles. The molecule has 0 atom stereocenters. The Morgan fingerprint density at radius 1 is 1.29 bits per heavy atom. The van der Waals surface area contributed by atoms with Gasteiger partial charge < -0.3 is 10.1 Å². The fraction of sp³-hybridized carbons (Fsp3) is 0.231. The Kier molecular flexibility index (Phi) is 3.53. The Morgan fingerprint density at radius 2 is 2.06 bits per heavy atom. The molecule has 17 heavy (non-hydrogen) atoms. The van der Waals surface area contributed by atoms with Crippen LogP contribution in [0.25, 0.3) is 0 Å². The molecule has 0 saturated carbocycles. The maximum atomic E-state index is 8.80. The molecule has 0 bridgehead atoms. The molecule has 4 nitrogen and oxygen atoms in total. The van der Waals surface area contributed by atoms with Crippen LogP contribution in [0.1, 0.15) is 22.6 Å². The van der Waals surface area contributed by atoms with Crippen LogP contribution in [0.3, 0.4) is 0 Å². The van der Waals surface area contributed by atoms with Gasteiger partial charge in [0, 0.05) is 31.3 Å². The molecule has 0 aliphatic rings. The number of hydrogen-bond donors (Lipinski definition) is 2. The maximum Gasteiger partial charge on any atom is 0.110 e. The third-order valence-electron chi connectivity index (χ3n) is 2.52. The van der Waals surface area contributed by atoms with E-state index in [-0.39, 0.29) is 6.61 Å². The van der Waals surface area contributed by atoms with Crippen molar-refractivity contribution in [3.63, 3.8) is 0 Å². The summed E-state index contributed by atoms with van der Waals surface area (Å²) >= 11 is 0. The van der Waals surface area contributed by atoms with E-state index in [2.05, 4.69) is 16.0 Å². The molecule has 1 heterocycles. The molecule has 2 N–H and O–H groups in total. The number of imidazole rings is 1. The second-order valence-electron chi connectivity index (χ2n) is 3.81. The number of aliphatic hydroxyl groups excluding tert-OH is 1. The third kappa shape index (κ3) is 2.92. The van der Waals surface area contributed by atoms with Crippen molar-refractivity contribution >= 4 is 0 Å². The molecule has 0 aliphatic carbocycles. The lowest BCUT2D eigenvalue weighted by molar-refractivity contribution is 0.298. The van der Waals surface area contributed by atoms with Gasteiger partial charge in [-0.1, -0.05) is 12.1 Å². The SMILES string of the molecule is N#Cc1ccc(Cc2ncc(CCO)[nH]2)cc1. The molecule has 1 aromatic heterocycles. The zero-order valence-corrected chi connectivity index (χ0v) is 9.35. The first-order valence-corrected chi connectivity index (χ1v) is 5.44. The molecule has 2 rings (SSSR count). The highest BCUT2D eigenvalue weighted by atomic mass is 16.3. The zero-order chi connectivity index (χ0) is 12.1. The normalized spacial score (nSPS) is 10.1. The molecule has 0 fully saturated rings. The highest BCUT2D eigenvalue weighted by Crippen LogP contribution is 2.08. The summed E-state index contributed by atoms with van der Waals surface area (Å²) < 4.78 is 0. The molecule has 2 aromatic rings. The molecule has 0 saturated heterocycles. The van der Waals surface area contributed by atoms with Crippen molar-refractivity contribution in [1.82, 2.24) is 9.97 Å². The summed E-state index contributed by atoms with van der Waals surface area (Å²) in [5.74, 6) is 0.873. The van der Waals surface area contributed by atoms with Gasteiger partial charge in [0.2, 0.25) is 0 Å². The quantitative estimate of drug-likeness (QED) is 0.829. The first-order chi connectivity index (χ1) is 8.31. The van der Waals surface area contributed by atoms with Gasteiger partial charge in [-0.05, 0) is 17.7 Å². The van der Waals surface area contributed by atoms with Gasteiger partial charge >= 0.3 is 0 Å². The van der Waals surface area contributed by atoms with Crippen molar-refractivity contribution in [3.8, 4) is 6.07 Å². The summed E-state index contributed by atoms with van der Waals surface area (Å²) in [5.41, 5.74) is 2.71. The van der Waals surface area contributed by atoms with E-state index < -0.39 is 0 Å². The fourth-order valence-corrected chi connectivity index (χ4v) is 1.63. The average molecular weight is 227 g/mol. The zero-order valence-electron chi connectivity index (χ0n) is 9.35. The van der Waals surface area contributed by atoms with Crippen LogP contribution in [0.5, 0.6) is 0 Å². The Hall–Kier alpha value is -2.12. The number of benzene rings is 1. The molecule has 0 radical (unpaired) electrons. The lowest BCUT2D eigenvalue weighted by atomic mass is 10.1. The van der Waals surface area contributed by atoms with Crippen LogP contribution in [0, 0.1) is 11.3 Å². The fourth-order valence-electron chi connectivity index (χ4n) is 1.63. The van der Waals surface area contributed by atoms with Crippen LogP contribution < -0.4 is 0 Å². The number of H-pyrrole nitrogens is 1.